The molecule has 0 aliphatic heterocycles. The number of rotatable bonds is 8. The van der Waals surface area contributed by atoms with Crippen LogP contribution in [0.4, 0.5) is 16.5 Å². The molecule has 2 N–H and O–H groups in total. The van der Waals surface area contributed by atoms with Crippen LogP contribution in [0.15, 0.2) is 24.3 Å². The van der Waals surface area contributed by atoms with Crippen molar-refractivity contribution in [2.75, 3.05) is 17.2 Å². The molecule has 2 aromatic rings. The van der Waals surface area contributed by atoms with Gasteiger partial charge in [0.05, 0.1) is 4.92 Å². The Bertz CT molecular complexity index is 671. The average molecular weight is 335 g/mol. The normalized spacial score (nSPS) is 10.3. The Hall–Kier alpha value is -2.55. The number of hydrogen-bond acceptors (Lipinski definition) is 7. The third-order valence-electron chi connectivity index (χ3n) is 3.00. The molecule has 1 aromatic heterocycles. The van der Waals surface area contributed by atoms with Gasteiger partial charge in [0.15, 0.2) is 0 Å². The van der Waals surface area contributed by atoms with Gasteiger partial charge in [-0.2, -0.15) is 0 Å². The lowest BCUT2D eigenvalue weighted by atomic mass is 10.2. The lowest BCUT2D eigenvalue weighted by molar-refractivity contribution is -0.384. The first kappa shape index (κ1) is 16.8. The molecule has 0 saturated heterocycles. The van der Waals surface area contributed by atoms with Crippen LogP contribution < -0.4 is 10.6 Å². The summed E-state index contributed by atoms with van der Waals surface area (Å²) < 4.78 is 0. The van der Waals surface area contributed by atoms with E-state index >= 15 is 0 Å². The molecule has 8 nitrogen and oxygen atoms in total. The van der Waals surface area contributed by atoms with Gasteiger partial charge < -0.3 is 10.6 Å². The Kier molecular flexibility index (Phi) is 5.98. The van der Waals surface area contributed by atoms with Gasteiger partial charge >= 0.3 is 0 Å². The minimum Gasteiger partial charge on any atom is -0.385 e. The van der Waals surface area contributed by atoms with Gasteiger partial charge in [-0.25, -0.2) is 0 Å². The Morgan fingerprint density at radius 3 is 2.65 bits per heavy atom. The van der Waals surface area contributed by atoms with E-state index in [1.807, 2.05) is 6.92 Å². The van der Waals surface area contributed by atoms with Crippen molar-refractivity contribution >= 4 is 33.8 Å². The number of carbonyl (C=O) groups excluding carboxylic acids is 1. The fraction of sp³-hybridized carbons (Fsp3) is 0.357. The summed E-state index contributed by atoms with van der Waals surface area (Å²) in [5, 5.41) is 25.6. The highest BCUT2D eigenvalue weighted by molar-refractivity contribution is 7.15. The number of nitrogens with one attached hydrogen (secondary N) is 2. The predicted molar refractivity (Wildman–Crippen MR) is 88.7 cm³/mol. The smallest absolute Gasteiger partial charge is 0.269 e. The largest absolute Gasteiger partial charge is 0.385 e. The molecule has 0 spiro atoms. The molecule has 9 heteroatoms. The molecule has 0 unspecified atom stereocenters. The van der Waals surface area contributed by atoms with Crippen molar-refractivity contribution in [3.05, 3.63) is 39.4 Å². The predicted octanol–water partition coefficient (Wildman–Crippen LogP) is 2.84. The van der Waals surface area contributed by atoms with Crippen LogP contribution in [0.2, 0.25) is 0 Å². The summed E-state index contributed by atoms with van der Waals surface area (Å²) in [6, 6.07) is 6.17. The number of carbonyl (C=O) groups is 1. The van der Waals surface area contributed by atoms with Crippen molar-refractivity contribution in [2.45, 2.75) is 26.2 Å². The number of nitrogens with zero attached hydrogens (tertiary/aromatic N) is 3. The summed E-state index contributed by atoms with van der Waals surface area (Å²) in [6.45, 7) is 2.58. The van der Waals surface area contributed by atoms with Crippen molar-refractivity contribution in [1.82, 2.24) is 10.2 Å². The fourth-order valence-electron chi connectivity index (χ4n) is 1.81. The SMILES string of the molecule is CCc1nnc(NC(=O)CCCNc2ccc([N+](=O)[O-])cc2)s1. The molecule has 1 heterocycles. The van der Waals surface area contributed by atoms with E-state index in [0.717, 1.165) is 17.1 Å². The van der Waals surface area contributed by atoms with E-state index in [-0.39, 0.29) is 11.6 Å². The zero-order valence-corrected chi connectivity index (χ0v) is 13.4. The number of anilines is 2. The highest BCUT2D eigenvalue weighted by Crippen LogP contribution is 2.16. The van der Waals surface area contributed by atoms with Gasteiger partial charge in [-0.05, 0) is 25.0 Å². The molecule has 2 rings (SSSR count). The van der Waals surface area contributed by atoms with E-state index in [1.54, 1.807) is 12.1 Å². The molecule has 1 aromatic carbocycles. The summed E-state index contributed by atoms with van der Waals surface area (Å²) in [6.07, 6.45) is 1.80. The minimum absolute atomic E-state index is 0.0541. The first-order valence-electron chi connectivity index (χ1n) is 7.19. The van der Waals surface area contributed by atoms with Crippen molar-refractivity contribution in [2.24, 2.45) is 0 Å². The molecule has 0 radical (unpaired) electrons. The quantitative estimate of drug-likeness (QED) is 0.436. The number of aryl methyl sites for hydroxylation is 1. The number of amides is 1. The second kappa shape index (κ2) is 8.18. The maximum absolute atomic E-state index is 11.8. The first-order chi connectivity index (χ1) is 11.1. The monoisotopic (exact) mass is 335 g/mol. The van der Waals surface area contributed by atoms with E-state index in [1.165, 1.54) is 23.5 Å². The van der Waals surface area contributed by atoms with Crippen molar-refractivity contribution in [3.8, 4) is 0 Å². The third-order valence-corrected chi connectivity index (χ3v) is 3.99. The van der Waals surface area contributed by atoms with Crippen LogP contribution in [0.25, 0.3) is 0 Å². The van der Waals surface area contributed by atoms with Gasteiger partial charge in [0, 0.05) is 30.8 Å². The van der Waals surface area contributed by atoms with Crippen molar-refractivity contribution in [1.29, 1.82) is 0 Å². The number of aromatic nitrogens is 2. The topological polar surface area (TPSA) is 110 Å². The average Bonchev–Trinajstić information content (AvgIpc) is 2.99. The summed E-state index contributed by atoms with van der Waals surface area (Å²) >= 11 is 1.38. The second-order valence-electron chi connectivity index (χ2n) is 4.74. The highest BCUT2D eigenvalue weighted by atomic mass is 32.1. The van der Waals surface area contributed by atoms with E-state index in [2.05, 4.69) is 20.8 Å². The molecular formula is C14H17N5O3S. The molecule has 0 saturated carbocycles. The van der Waals surface area contributed by atoms with Crippen LogP contribution in [0, 0.1) is 10.1 Å². The van der Waals surface area contributed by atoms with Crippen LogP contribution >= 0.6 is 11.3 Å². The Morgan fingerprint density at radius 2 is 2.04 bits per heavy atom. The lowest BCUT2D eigenvalue weighted by Gasteiger charge is -2.05. The standard InChI is InChI=1S/C14H17N5O3S/c1-2-13-17-18-14(23-13)16-12(20)4-3-9-15-10-5-7-11(8-6-10)19(21)22/h5-8,15H,2-4,9H2,1H3,(H,16,18,20). The summed E-state index contributed by atoms with van der Waals surface area (Å²) in [5.74, 6) is -0.102. The number of nitro benzene ring substituents is 1. The molecular weight excluding hydrogens is 318 g/mol. The van der Waals surface area contributed by atoms with Crippen LogP contribution in [0.1, 0.15) is 24.8 Å². The van der Waals surface area contributed by atoms with Crippen LogP contribution in [0.5, 0.6) is 0 Å². The summed E-state index contributed by atoms with van der Waals surface area (Å²) in [7, 11) is 0. The zero-order chi connectivity index (χ0) is 16.7. The number of non-ortho nitro benzene ring substituents is 1. The molecule has 23 heavy (non-hydrogen) atoms. The van der Waals surface area contributed by atoms with Gasteiger partial charge in [-0.15, -0.1) is 10.2 Å². The molecule has 0 atom stereocenters. The van der Waals surface area contributed by atoms with Crippen LogP contribution in [-0.4, -0.2) is 27.6 Å². The maximum atomic E-state index is 11.8. The molecule has 122 valence electrons. The van der Waals surface area contributed by atoms with E-state index in [0.29, 0.717) is 24.5 Å². The lowest BCUT2D eigenvalue weighted by Crippen LogP contribution is -2.13. The van der Waals surface area contributed by atoms with Crippen molar-refractivity contribution in [3.63, 3.8) is 0 Å². The number of benzene rings is 1. The molecule has 1 amide bonds. The molecule has 0 fully saturated rings. The van der Waals surface area contributed by atoms with E-state index in [4.69, 9.17) is 0 Å². The minimum atomic E-state index is -0.439. The number of hydrogen-bond donors (Lipinski definition) is 2. The molecule has 0 aliphatic rings. The first-order valence-corrected chi connectivity index (χ1v) is 8.00. The third kappa shape index (κ3) is 5.29. The Labute approximate surface area is 137 Å². The molecule has 0 bridgehead atoms. The maximum Gasteiger partial charge on any atom is 0.269 e. The van der Waals surface area contributed by atoms with Gasteiger partial charge in [-0.1, -0.05) is 18.3 Å². The summed E-state index contributed by atoms with van der Waals surface area (Å²) in [4.78, 5) is 21.9. The van der Waals surface area contributed by atoms with Crippen LogP contribution in [0.3, 0.4) is 0 Å². The summed E-state index contributed by atoms with van der Waals surface area (Å²) in [5.41, 5.74) is 0.839. The van der Waals surface area contributed by atoms with Gasteiger partial charge in [0.2, 0.25) is 11.0 Å². The van der Waals surface area contributed by atoms with Gasteiger partial charge in [0.25, 0.3) is 5.69 Å². The Balaban J connectivity index is 1.68. The van der Waals surface area contributed by atoms with E-state index in [9.17, 15) is 14.9 Å². The highest BCUT2D eigenvalue weighted by Gasteiger charge is 2.07. The van der Waals surface area contributed by atoms with E-state index < -0.39 is 4.92 Å². The Morgan fingerprint density at radius 1 is 1.30 bits per heavy atom. The van der Waals surface area contributed by atoms with Crippen molar-refractivity contribution < 1.29 is 9.72 Å². The second-order valence-corrected chi connectivity index (χ2v) is 5.80. The van der Waals surface area contributed by atoms with Gasteiger partial charge in [-0.3, -0.25) is 14.9 Å². The number of nitro groups is 1. The fourth-order valence-corrected chi connectivity index (χ4v) is 2.51. The zero-order valence-electron chi connectivity index (χ0n) is 12.6. The van der Waals surface area contributed by atoms with Crippen LogP contribution in [-0.2, 0) is 11.2 Å². The molecule has 0 aliphatic carbocycles. The van der Waals surface area contributed by atoms with Gasteiger partial charge in [0.1, 0.15) is 5.01 Å².